The van der Waals surface area contributed by atoms with E-state index in [4.69, 9.17) is 4.74 Å². The molecule has 1 unspecified atom stereocenters. The minimum Gasteiger partial charge on any atom is -0.479 e. The lowest BCUT2D eigenvalue weighted by Crippen LogP contribution is -2.76. The molecule has 0 bridgehead atoms. The Morgan fingerprint density at radius 1 is 1.47 bits per heavy atom. The standard InChI is InChI=1S/C9H13NO6S/c1-8(2)6(11)10(17(8,14)15)9(7(12)13)3-4-16-5-9/h3-5H2,1-2H3,(H,12,13). The highest BCUT2D eigenvalue weighted by molar-refractivity contribution is 7.94. The van der Waals surface area contributed by atoms with E-state index in [1.54, 1.807) is 0 Å². The zero-order chi connectivity index (χ0) is 13.1. The lowest BCUT2D eigenvalue weighted by atomic mass is 9.97. The van der Waals surface area contributed by atoms with Crippen molar-refractivity contribution in [2.24, 2.45) is 0 Å². The van der Waals surface area contributed by atoms with E-state index < -0.39 is 32.2 Å². The van der Waals surface area contributed by atoms with Gasteiger partial charge < -0.3 is 9.84 Å². The fourth-order valence-electron chi connectivity index (χ4n) is 2.05. The van der Waals surface area contributed by atoms with Crippen LogP contribution in [-0.2, 0) is 24.3 Å². The Kier molecular flexibility index (Phi) is 2.32. The first-order valence-electron chi connectivity index (χ1n) is 5.08. The van der Waals surface area contributed by atoms with E-state index in [1.165, 1.54) is 13.8 Å². The zero-order valence-corrected chi connectivity index (χ0v) is 10.3. The van der Waals surface area contributed by atoms with Crippen LogP contribution in [0.4, 0.5) is 0 Å². The van der Waals surface area contributed by atoms with Gasteiger partial charge in [0.05, 0.1) is 6.61 Å². The normalized spacial score (nSPS) is 34.5. The number of amides is 1. The molecule has 0 aromatic rings. The third-order valence-corrected chi connectivity index (χ3v) is 5.83. The molecule has 8 heteroatoms. The molecule has 0 aromatic heterocycles. The van der Waals surface area contributed by atoms with Gasteiger partial charge in [0.2, 0.25) is 0 Å². The van der Waals surface area contributed by atoms with Crippen molar-refractivity contribution in [1.82, 2.24) is 4.31 Å². The molecule has 2 heterocycles. The molecular weight excluding hydrogens is 250 g/mol. The minimum atomic E-state index is -3.91. The monoisotopic (exact) mass is 263 g/mol. The van der Waals surface area contributed by atoms with Crippen molar-refractivity contribution >= 4 is 21.9 Å². The number of carboxylic acids is 1. The van der Waals surface area contributed by atoms with Crippen LogP contribution in [0.3, 0.4) is 0 Å². The van der Waals surface area contributed by atoms with Gasteiger partial charge in [-0.25, -0.2) is 17.5 Å². The Morgan fingerprint density at radius 3 is 2.41 bits per heavy atom. The van der Waals surface area contributed by atoms with Gasteiger partial charge >= 0.3 is 5.97 Å². The van der Waals surface area contributed by atoms with Crippen molar-refractivity contribution in [3.63, 3.8) is 0 Å². The van der Waals surface area contributed by atoms with E-state index in [2.05, 4.69) is 0 Å². The van der Waals surface area contributed by atoms with E-state index >= 15 is 0 Å². The fraction of sp³-hybridized carbons (Fsp3) is 0.778. The smallest absolute Gasteiger partial charge is 0.333 e. The molecule has 2 fully saturated rings. The number of carbonyl (C=O) groups excluding carboxylic acids is 1. The van der Waals surface area contributed by atoms with Gasteiger partial charge in [0.1, 0.15) is 0 Å². The van der Waals surface area contributed by atoms with Crippen LogP contribution in [0.5, 0.6) is 0 Å². The molecule has 0 saturated carbocycles. The van der Waals surface area contributed by atoms with Crippen molar-refractivity contribution < 1.29 is 27.9 Å². The van der Waals surface area contributed by atoms with E-state index in [9.17, 15) is 23.1 Å². The average Bonchev–Trinajstić information content (AvgIpc) is 2.67. The SMILES string of the molecule is CC1(C)C(=O)N(C2(C(=O)O)CCOC2)S1(=O)=O. The number of hydrogen-bond acceptors (Lipinski definition) is 5. The number of aliphatic carboxylic acids is 1. The molecule has 1 N–H and O–H groups in total. The van der Waals surface area contributed by atoms with E-state index in [-0.39, 0.29) is 19.6 Å². The molecule has 0 spiro atoms. The Labute approximate surface area is 98.4 Å². The Balaban J connectivity index is 2.49. The predicted octanol–water partition coefficient (Wildman–Crippen LogP) is -0.819. The van der Waals surface area contributed by atoms with Crippen molar-refractivity contribution in [2.45, 2.75) is 30.6 Å². The molecule has 96 valence electrons. The number of nitrogens with zero attached hydrogens (tertiary/aromatic N) is 1. The van der Waals surface area contributed by atoms with Crippen LogP contribution in [0.1, 0.15) is 20.3 Å². The zero-order valence-electron chi connectivity index (χ0n) is 9.47. The summed E-state index contributed by atoms with van der Waals surface area (Å²) in [7, 11) is -3.91. The second-order valence-electron chi connectivity index (χ2n) is 4.72. The first-order chi connectivity index (χ1) is 7.68. The predicted molar refractivity (Wildman–Crippen MR) is 55.6 cm³/mol. The van der Waals surface area contributed by atoms with Gasteiger partial charge in [-0.3, -0.25) is 4.79 Å². The van der Waals surface area contributed by atoms with Crippen LogP contribution < -0.4 is 0 Å². The Morgan fingerprint density at radius 2 is 2.06 bits per heavy atom. The van der Waals surface area contributed by atoms with Crippen molar-refractivity contribution in [3.05, 3.63) is 0 Å². The highest BCUT2D eigenvalue weighted by atomic mass is 32.2. The van der Waals surface area contributed by atoms with Crippen LogP contribution in [0, 0.1) is 0 Å². The maximum Gasteiger partial charge on any atom is 0.333 e. The molecular formula is C9H13NO6S. The molecule has 0 radical (unpaired) electrons. The maximum atomic E-state index is 12.0. The Hall–Kier alpha value is -1.15. The molecule has 0 aromatic carbocycles. The molecule has 0 aliphatic carbocycles. The Bertz CT molecular complexity index is 488. The summed E-state index contributed by atoms with van der Waals surface area (Å²) in [5, 5.41) is 9.18. The van der Waals surface area contributed by atoms with E-state index in [1.807, 2.05) is 0 Å². The van der Waals surface area contributed by atoms with Gasteiger partial charge in [0, 0.05) is 13.0 Å². The number of ether oxygens (including phenoxy) is 1. The van der Waals surface area contributed by atoms with Crippen LogP contribution in [0.2, 0.25) is 0 Å². The number of hydrogen-bond donors (Lipinski definition) is 1. The average molecular weight is 263 g/mol. The molecule has 2 rings (SSSR count). The molecule has 1 atom stereocenters. The molecule has 2 aliphatic heterocycles. The summed E-state index contributed by atoms with van der Waals surface area (Å²) in [6, 6.07) is 0. The highest BCUT2D eigenvalue weighted by Gasteiger charge is 2.69. The minimum absolute atomic E-state index is 0.0105. The van der Waals surface area contributed by atoms with Crippen molar-refractivity contribution in [1.29, 1.82) is 0 Å². The van der Waals surface area contributed by atoms with Gasteiger partial charge in [-0.2, -0.15) is 0 Å². The quantitative estimate of drug-likeness (QED) is 0.698. The number of carbonyl (C=O) groups is 2. The number of rotatable bonds is 2. The summed E-state index contributed by atoms with van der Waals surface area (Å²) in [5.74, 6) is -2.03. The third-order valence-electron chi connectivity index (χ3n) is 3.37. The van der Waals surface area contributed by atoms with Crippen LogP contribution in [0.15, 0.2) is 0 Å². The van der Waals surface area contributed by atoms with Gasteiger partial charge in [-0.15, -0.1) is 0 Å². The van der Waals surface area contributed by atoms with Crippen molar-refractivity contribution in [2.75, 3.05) is 13.2 Å². The number of carboxylic acid groups (broad SMARTS) is 1. The first kappa shape index (κ1) is 12.3. The molecule has 2 aliphatic rings. The molecule has 17 heavy (non-hydrogen) atoms. The lowest BCUT2D eigenvalue weighted by Gasteiger charge is -2.49. The summed E-state index contributed by atoms with van der Waals surface area (Å²) in [6.45, 7) is 2.38. The third kappa shape index (κ3) is 1.22. The van der Waals surface area contributed by atoms with Gasteiger partial charge in [-0.1, -0.05) is 0 Å². The molecule has 7 nitrogen and oxygen atoms in total. The van der Waals surface area contributed by atoms with Gasteiger partial charge in [0.25, 0.3) is 15.9 Å². The first-order valence-corrected chi connectivity index (χ1v) is 6.52. The van der Waals surface area contributed by atoms with Crippen molar-refractivity contribution in [3.8, 4) is 0 Å². The van der Waals surface area contributed by atoms with Gasteiger partial charge in [-0.05, 0) is 13.8 Å². The van der Waals surface area contributed by atoms with Crippen LogP contribution in [-0.4, -0.2) is 53.2 Å². The van der Waals surface area contributed by atoms with Crippen LogP contribution >= 0.6 is 0 Å². The number of sulfonamides is 1. The summed E-state index contributed by atoms with van der Waals surface area (Å²) in [6.07, 6.45) is -0.0105. The van der Waals surface area contributed by atoms with E-state index in [0.29, 0.717) is 4.31 Å². The van der Waals surface area contributed by atoms with E-state index in [0.717, 1.165) is 0 Å². The summed E-state index contributed by atoms with van der Waals surface area (Å²) in [5.41, 5.74) is -1.76. The maximum absolute atomic E-state index is 12.0. The highest BCUT2D eigenvalue weighted by Crippen LogP contribution is 2.43. The largest absolute Gasteiger partial charge is 0.479 e. The summed E-state index contributed by atoms with van der Waals surface area (Å²) < 4.78 is 27.8. The van der Waals surface area contributed by atoms with Crippen LogP contribution in [0.25, 0.3) is 0 Å². The van der Waals surface area contributed by atoms with Gasteiger partial charge in [0.15, 0.2) is 10.3 Å². The summed E-state index contributed by atoms with van der Waals surface area (Å²) >= 11 is 0. The second kappa shape index (κ2) is 3.20. The fourth-order valence-corrected chi connectivity index (χ4v) is 3.81. The summed E-state index contributed by atoms with van der Waals surface area (Å²) in [4.78, 5) is 23.1. The molecule has 1 amide bonds. The lowest BCUT2D eigenvalue weighted by molar-refractivity contribution is -0.156. The topological polar surface area (TPSA) is 101 Å². The second-order valence-corrected chi connectivity index (χ2v) is 7.06. The molecule has 2 saturated heterocycles.